The second-order valence-corrected chi connectivity index (χ2v) is 6.46. The Morgan fingerprint density at radius 1 is 1.29 bits per heavy atom. The van der Waals surface area contributed by atoms with E-state index >= 15 is 0 Å². The molecular weight excluding hydrogens is 304 g/mol. The molecule has 1 aliphatic heterocycles. The standard InChI is InChI=1S/C19H22N2O3/c1-13-5-3-9-21(12-13)19(23)15-8-7-14(2)16(11-15)20-18(22)17-6-4-10-24-17/h4,6-8,10-11,13H,3,5,9,12H2,1-2H3,(H,20,22)/t13-/m0/s1. The van der Waals surface area contributed by atoms with Gasteiger partial charge in [-0.05, 0) is 55.5 Å². The number of benzene rings is 1. The molecule has 1 fully saturated rings. The molecule has 2 heterocycles. The number of carbonyl (C=O) groups excluding carboxylic acids is 2. The summed E-state index contributed by atoms with van der Waals surface area (Å²) in [5, 5.41) is 2.82. The van der Waals surface area contributed by atoms with Crippen LogP contribution in [0.5, 0.6) is 0 Å². The van der Waals surface area contributed by atoms with E-state index in [-0.39, 0.29) is 17.6 Å². The van der Waals surface area contributed by atoms with Gasteiger partial charge in [-0.15, -0.1) is 0 Å². The van der Waals surface area contributed by atoms with Crippen molar-refractivity contribution in [3.8, 4) is 0 Å². The molecule has 1 saturated heterocycles. The number of furan rings is 1. The van der Waals surface area contributed by atoms with Crippen LogP contribution in [0.3, 0.4) is 0 Å². The van der Waals surface area contributed by atoms with E-state index in [0.717, 1.165) is 25.1 Å². The molecule has 0 aliphatic carbocycles. The second kappa shape index (κ2) is 6.91. The molecule has 3 rings (SSSR count). The van der Waals surface area contributed by atoms with Crippen molar-refractivity contribution in [2.45, 2.75) is 26.7 Å². The first-order valence-electron chi connectivity index (χ1n) is 8.29. The summed E-state index contributed by atoms with van der Waals surface area (Å²) < 4.78 is 5.10. The Bertz CT molecular complexity index is 737. The van der Waals surface area contributed by atoms with Gasteiger partial charge < -0.3 is 14.6 Å². The fourth-order valence-electron chi connectivity index (χ4n) is 3.04. The van der Waals surface area contributed by atoms with Gasteiger partial charge >= 0.3 is 0 Å². The lowest BCUT2D eigenvalue weighted by Gasteiger charge is -2.31. The van der Waals surface area contributed by atoms with Gasteiger partial charge in [0.15, 0.2) is 5.76 Å². The predicted molar refractivity (Wildman–Crippen MR) is 92.1 cm³/mol. The minimum absolute atomic E-state index is 0.0232. The average Bonchev–Trinajstić information content (AvgIpc) is 3.11. The summed E-state index contributed by atoms with van der Waals surface area (Å²) >= 11 is 0. The lowest BCUT2D eigenvalue weighted by atomic mass is 9.99. The monoisotopic (exact) mass is 326 g/mol. The Hall–Kier alpha value is -2.56. The van der Waals surface area contributed by atoms with Gasteiger partial charge in [0, 0.05) is 24.3 Å². The zero-order valence-corrected chi connectivity index (χ0v) is 14.0. The largest absolute Gasteiger partial charge is 0.459 e. The quantitative estimate of drug-likeness (QED) is 0.935. The van der Waals surface area contributed by atoms with Crippen molar-refractivity contribution in [2.24, 2.45) is 5.92 Å². The Balaban J connectivity index is 1.78. The number of hydrogen-bond donors (Lipinski definition) is 1. The number of likely N-dealkylation sites (tertiary alicyclic amines) is 1. The second-order valence-electron chi connectivity index (χ2n) is 6.46. The zero-order valence-electron chi connectivity index (χ0n) is 14.0. The van der Waals surface area contributed by atoms with Crippen LogP contribution in [-0.2, 0) is 0 Å². The van der Waals surface area contributed by atoms with E-state index in [1.807, 2.05) is 24.0 Å². The van der Waals surface area contributed by atoms with Gasteiger partial charge in [0.25, 0.3) is 11.8 Å². The summed E-state index contributed by atoms with van der Waals surface area (Å²) in [5.74, 6) is 0.483. The van der Waals surface area contributed by atoms with E-state index in [1.165, 1.54) is 12.7 Å². The van der Waals surface area contributed by atoms with Crippen LogP contribution in [0.4, 0.5) is 5.69 Å². The summed E-state index contributed by atoms with van der Waals surface area (Å²) in [6.45, 7) is 5.66. The van der Waals surface area contributed by atoms with E-state index in [0.29, 0.717) is 17.2 Å². The molecule has 0 unspecified atom stereocenters. The smallest absolute Gasteiger partial charge is 0.291 e. The van der Waals surface area contributed by atoms with Gasteiger partial charge in [-0.1, -0.05) is 13.0 Å². The molecule has 5 heteroatoms. The molecule has 1 aromatic carbocycles. The van der Waals surface area contributed by atoms with Crippen molar-refractivity contribution in [1.82, 2.24) is 4.90 Å². The van der Waals surface area contributed by atoms with E-state index in [1.54, 1.807) is 18.2 Å². The SMILES string of the molecule is Cc1ccc(C(=O)N2CCC[C@H](C)C2)cc1NC(=O)c1ccco1. The summed E-state index contributed by atoms with van der Waals surface area (Å²) in [6, 6.07) is 8.70. The molecule has 2 aromatic rings. The first kappa shape index (κ1) is 16.3. The molecule has 126 valence electrons. The van der Waals surface area contributed by atoms with Gasteiger partial charge in [-0.3, -0.25) is 9.59 Å². The number of nitrogens with one attached hydrogen (secondary N) is 1. The minimum atomic E-state index is -0.320. The van der Waals surface area contributed by atoms with E-state index < -0.39 is 0 Å². The van der Waals surface area contributed by atoms with Crippen molar-refractivity contribution in [2.75, 3.05) is 18.4 Å². The normalized spacial score (nSPS) is 17.6. The molecule has 1 atom stereocenters. The highest BCUT2D eigenvalue weighted by Crippen LogP contribution is 2.22. The van der Waals surface area contributed by atoms with Crippen molar-refractivity contribution in [3.63, 3.8) is 0 Å². The van der Waals surface area contributed by atoms with Crippen LogP contribution in [0.15, 0.2) is 41.0 Å². The van der Waals surface area contributed by atoms with E-state index in [4.69, 9.17) is 4.42 Å². The fraction of sp³-hybridized carbons (Fsp3) is 0.368. The van der Waals surface area contributed by atoms with Crippen molar-refractivity contribution >= 4 is 17.5 Å². The molecule has 0 saturated carbocycles. The van der Waals surface area contributed by atoms with Gasteiger partial charge in [-0.25, -0.2) is 0 Å². The van der Waals surface area contributed by atoms with Crippen molar-refractivity contribution in [1.29, 1.82) is 0 Å². The Morgan fingerprint density at radius 2 is 2.12 bits per heavy atom. The van der Waals surface area contributed by atoms with Crippen LogP contribution in [0.1, 0.15) is 46.2 Å². The van der Waals surface area contributed by atoms with Gasteiger partial charge in [-0.2, -0.15) is 0 Å². The van der Waals surface area contributed by atoms with Gasteiger partial charge in [0.2, 0.25) is 0 Å². The molecular formula is C19H22N2O3. The topological polar surface area (TPSA) is 62.6 Å². The number of anilines is 1. The van der Waals surface area contributed by atoms with Crippen molar-refractivity contribution in [3.05, 3.63) is 53.5 Å². The number of carbonyl (C=O) groups is 2. The molecule has 1 aromatic heterocycles. The van der Waals surface area contributed by atoms with Crippen LogP contribution in [0.2, 0.25) is 0 Å². The zero-order chi connectivity index (χ0) is 17.1. The third-order valence-corrected chi connectivity index (χ3v) is 4.42. The molecule has 0 bridgehead atoms. The molecule has 0 spiro atoms. The maximum atomic E-state index is 12.7. The van der Waals surface area contributed by atoms with E-state index in [2.05, 4.69) is 12.2 Å². The fourth-order valence-corrected chi connectivity index (χ4v) is 3.04. The van der Waals surface area contributed by atoms with Crippen LogP contribution in [-0.4, -0.2) is 29.8 Å². The molecule has 24 heavy (non-hydrogen) atoms. The Kier molecular flexibility index (Phi) is 4.69. The third kappa shape index (κ3) is 3.50. The van der Waals surface area contributed by atoms with Crippen molar-refractivity contribution < 1.29 is 14.0 Å². The number of rotatable bonds is 3. The summed E-state index contributed by atoms with van der Waals surface area (Å²) in [7, 11) is 0. The van der Waals surface area contributed by atoms with Crippen LogP contribution in [0, 0.1) is 12.8 Å². The van der Waals surface area contributed by atoms with Crippen LogP contribution >= 0.6 is 0 Å². The average molecular weight is 326 g/mol. The predicted octanol–water partition coefficient (Wildman–Crippen LogP) is 3.71. The number of piperidine rings is 1. The first-order valence-corrected chi connectivity index (χ1v) is 8.29. The third-order valence-electron chi connectivity index (χ3n) is 4.42. The molecule has 5 nitrogen and oxygen atoms in total. The molecule has 1 N–H and O–H groups in total. The van der Waals surface area contributed by atoms with Crippen LogP contribution < -0.4 is 5.32 Å². The lowest BCUT2D eigenvalue weighted by Crippen LogP contribution is -2.39. The minimum Gasteiger partial charge on any atom is -0.459 e. The highest BCUT2D eigenvalue weighted by atomic mass is 16.3. The van der Waals surface area contributed by atoms with Crippen LogP contribution in [0.25, 0.3) is 0 Å². The molecule has 1 aliphatic rings. The van der Waals surface area contributed by atoms with E-state index in [9.17, 15) is 9.59 Å². The number of aryl methyl sites for hydroxylation is 1. The maximum absolute atomic E-state index is 12.7. The number of nitrogens with zero attached hydrogens (tertiary/aromatic N) is 1. The Morgan fingerprint density at radius 3 is 2.83 bits per heavy atom. The van der Waals surface area contributed by atoms with Gasteiger partial charge in [0.1, 0.15) is 0 Å². The van der Waals surface area contributed by atoms with Gasteiger partial charge in [0.05, 0.1) is 6.26 Å². The summed E-state index contributed by atoms with van der Waals surface area (Å²) in [5.41, 5.74) is 2.13. The number of hydrogen-bond acceptors (Lipinski definition) is 3. The highest BCUT2D eigenvalue weighted by Gasteiger charge is 2.22. The molecule has 2 amide bonds. The number of amides is 2. The highest BCUT2D eigenvalue weighted by molar-refractivity contribution is 6.03. The first-order chi connectivity index (χ1) is 11.5. The molecule has 0 radical (unpaired) electrons. The lowest BCUT2D eigenvalue weighted by molar-refractivity contribution is 0.0683. The Labute approximate surface area is 141 Å². The summed E-state index contributed by atoms with van der Waals surface area (Å²) in [4.78, 5) is 26.8. The summed E-state index contributed by atoms with van der Waals surface area (Å²) in [6.07, 6.45) is 3.67. The maximum Gasteiger partial charge on any atom is 0.291 e.